The van der Waals surface area contributed by atoms with E-state index in [4.69, 9.17) is 11.1 Å². The zero-order chi connectivity index (χ0) is 10.3. The van der Waals surface area contributed by atoms with Gasteiger partial charge in [-0.15, -0.1) is 0 Å². The molecule has 5 N–H and O–H groups in total. The molecule has 13 heavy (non-hydrogen) atoms. The van der Waals surface area contributed by atoms with E-state index >= 15 is 0 Å². The number of nitrogens with two attached hydrogens (primary N) is 1. The molecule has 3 amide bonds. The zero-order valence-corrected chi connectivity index (χ0v) is 8.03. The van der Waals surface area contributed by atoms with Gasteiger partial charge in [0.15, 0.2) is 5.17 Å². The van der Waals surface area contributed by atoms with Crippen LogP contribution in [0.2, 0.25) is 0 Å². The van der Waals surface area contributed by atoms with Crippen LogP contribution in [0.15, 0.2) is 0 Å². The molecule has 0 saturated carbocycles. The summed E-state index contributed by atoms with van der Waals surface area (Å²) in [6, 6.07) is -0.531. The summed E-state index contributed by atoms with van der Waals surface area (Å²) >= 11 is 0.869. The number of amides is 3. The molecule has 0 aromatic heterocycles. The quantitative estimate of drug-likeness (QED) is 0.365. The molecule has 6 nitrogen and oxygen atoms in total. The Morgan fingerprint density at radius 1 is 1.54 bits per heavy atom. The van der Waals surface area contributed by atoms with Crippen molar-refractivity contribution in [1.29, 1.82) is 5.41 Å². The number of urea groups is 1. The van der Waals surface area contributed by atoms with E-state index < -0.39 is 11.9 Å². The van der Waals surface area contributed by atoms with Gasteiger partial charge < -0.3 is 11.1 Å². The standard InChI is InChI=1S/C6H12N4O2S/c1-2-9-6(12)10-4(11)3-13-5(7)8/h2-3H2,1H3,(H3,7,8)(H2,9,10,11,12). The number of carbonyl (C=O) groups is 2. The minimum Gasteiger partial charge on any atom is -0.379 e. The molecule has 74 valence electrons. The number of rotatable bonds is 3. The lowest BCUT2D eigenvalue weighted by atomic mass is 10.6. The molecule has 0 atom stereocenters. The molecule has 0 aromatic rings. The van der Waals surface area contributed by atoms with Crippen LogP contribution in [-0.4, -0.2) is 29.4 Å². The number of amidine groups is 1. The van der Waals surface area contributed by atoms with E-state index in [9.17, 15) is 9.59 Å². The summed E-state index contributed by atoms with van der Waals surface area (Å²) in [5, 5.41) is 11.1. The lowest BCUT2D eigenvalue weighted by Gasteiger charge is -2.03. The molecule has 0 aliphatic carbocycles. The van der Waals surface area contributed by atoms with Crippen LogP contribution in [-0.2, 0) is 4.79 Å². The van der Waals surface area contributed by atoms with Crippen molar-refractivity contribution < 1.29 is 9.59 Å². The first kappa shape index (κ1) is 11.8. The van der Waals surface area contributed by atoms with Crippen LogP contribution in [0, 0.1) is 5.41 Å². The van der Waals surface area contributed by atoms with Gasteiger partial charge in [-0.1, -0.05) is 11.8 Å². The van der Waals surface area contributed by atoms with E-state index in [1.807, 2.05) is 0 Å². The van der Waals surface area contributed by atoms with E-state index in [-0.39, 0.29) is 10.9 Å². The number of hydrogen-bond donors (Lipinski definition) is 4. The highest BCUT2D eigenvalue weighted by Gasteiger charge is 2.06. The molecule has 0 heterocycles. The number of carbonyl (C=O) groups excluding carboxylic acids is 2. The largest absolute Gasteiger partial charge is 0.379 e. The van der Waals surface area contributed by atoms with Crippen LogP contribution >= 0.6 is 11.8 Å². The smallest absolute Gasteiger partial charge is 0.321 e. The van der Waals surface area contributed by atoms with E-state index in [0.717, 1.165) is 11.8 Å². The summed E-state index contributed by atoms with van der Waals surface area (Å²) < 4.78 is 0. The maximum atomic E-state index is 10.9. The minimum atomic E-state index is -0.531. The fraction of sp³-hybridized carbons (Fsp3) is 0.500. The zero-order valence-electron chi connectivity index (χ0n) is 7.22. The summed E-state index contributed by atoms with van der Waals surface area (Å²) in [6.07, 6.45) is 0. The van der Waals surface area contributed by atoms with Crippen LogP contribution in [0.5, 0.6) is 0 Å². The fourth-order valence-electron chi connectivity index (χ4n) is 0.511. The summed E-state index contributed by atoms with van der Waals surface area (Å²) in [5.74, 6) is -0.488. The van der Waals surface area contributed by atoms with Gasteiger partial charge in [-0.25, -0.2) is 4.79 Å². The van der Waals surface area contributed by atoms with Gasteiger partial charge >= 0.3 is 6.03 Å². The Morgan fingerprint density at radius 2 is 2.15 bits per heavy atom. The predicted molar refractivity (Wildman–Crippen MR) is 51.6 cm³/mol. The molecule has 0 aliphatic heterocycles. The van der Waals surface area contributed by atoms with Gasteiger partial charge in [0.2, 0.25) is 5.91 Å². The lowest BCUT2D eigenvalue weighted by molar-refractivity contribution is -0.117. The summed E-state index contributed by atoms with van der Waals surface area (Å²) in [4.78, 5) is 21.6. The second kappa shape index (κ2) is 6.30. The molecule has 0 saturated heterocycles. The van der Waals surface area contributed by atoms with Crippen molar-refractivity contribution in [3.63, 3.8) is 0 Å². The maximum Gasteiger partial charge on any atom is 0.321 e. The summed E-state index contributed by atoms with van der Waals surface area (Å²) in [6.45, 7) is 2.20. The Bertz CT molecular complexity index is 219. The van der Waals surface area contributed by atoms with Crippen molar-refractivity contribution in [2.24, 2.45) is 5.73 Å². The third kappa shape index (κ3) is 7.13. The van der Waals surface area contributed by atoms with Crippen LogP contribution in [0.3, 0.4) is 0 Å². The number of thioether (sulfide) groups is 1. The Hall–Kier alpha value is -1.24. The Kier molecular flexibility index (Phi) is 5.69. The molecule has 0 aromatic carbocycles. The SMILES string of the molecule is CCNC(=O)NC(=O)CSC(=N)N. The van der Waals surface area contributed by atoms with Crippen molar-refractivity contribution in [3.8, 4) is 0 Å². The number of nitrogens with one attached hydrogen (secondary N) is 3. The molecular weight excluding hydrogens is 192 g/mol. The van der Waals surface area contributed by atoms with Crippen molar-refractivity contribution in [2.45, 2.75) is 6.92 Å². The molecule has 7 heteroatoms. The normalized spacial score (nSPS) is 9.00. The first-order chi connectivity index (χ1) is 6.06. The lowest BCUT2D eigenvalue weighted by Crippen LogP contribution is -2.40. The Balaban J connectivity index is 3.62. The molecule has 0 fully saturated rings. The predicted octanol–water partition coefficient (Wildman–Crippen LogP) is -0.541. The maximum absolute atomic E-state index is 10.9. The van der Waals surface area contributed by atoms with Crippen molar-refractivity contribution in [1.82, 2.24) is 10.6 Å². The third-order valence-electron chi connectivity index (χ3n) is 0.949. The molecule has 0 spiro atoms. The van der Waals surface area contributed by atoms with Gasteiger partial charge in [0.25, 0.3) is 0 Å². The molecular formula is C6H12N4O2S. The topological polar surface area (TPSA) is 108 Å². The fourth-order valence-corrected chi connectivity index (χ4v) is 0.870. The van der Waals surface area contributed by atoms with Gasteiger partial charge in [0.1, 0.15) is 0 Å². The molecule has 0 unspecified atom stereocenters. The van der Waals surface area contributed by atoms with E-state index in [1.165, 1.54) is 0 Å². The highest BCUT2D eigenvalue weighted by atomic mass is 32.2. The summed E-state index contributed by atoms with van der Waals surface area (Å²) in [5.41, 5.74) is 5.00. The highest BCUT2D eigenvalue weighted by Crippen LogP contribution is 1.95. The van der Waals surface area contributed by atoms with Gasteiger partial charge in [0, 0.05) is 6.54 Å². The highest BCUT2D eigenvalue weighted by molar-refractivity contribution is 8.14. The average Bonchev–Trinajstić information content (AvgIpc) is 2.01. The molecule has 0 bridgehead atoms. The average molecular weight is 204 g/mol. The monoisotopic (exact) mass is 204 g/mol. The van der Waals surface area contributed by atoms with Crippen LogP contribution < -0.4 is 16.4 Å². The van der Waals surface area contributed by atoms with Crippen LogP contribution in [0.25, 0.3) is 0 Å². The Morgan fingerprint density at radius 3 is 2.62 bits per heavy atom. The third-order valence-corrected chi connectivity index (χ3v) is 1.67. The minimum absolute atomic E-state index is 0.0214. The van der Waals surface area contributed by atoms with E-state index in [0.29, 0.717) is 6.54 Å². The molecule has 0 radical (unpaired) electrons. The molecule has 0 aliphatic rings. The van der Waals surface area contributed by atoms with Gasteiger partial charge in [-0.05, 0) is 6.92 Å². The van der Waals surface area contributed by atoms with Crippen molar-refractivity contribution >= 4 is 28.9 Å². The van der Waals surface area contributed by atoms with E-state index in [1.54, 1.807) is 6.92 Å². The van der Waals surface area contributed by atoms with Crippen molar-refractivity contribution in [3.05, 3.63) is 0 Å². The Labute approximate surface area is 80.1 Å². The molecule has 0 rings (SSSR count). The van der Waals surface area contributed by atoms with Gasteiger partial charge in [-0.3, -0.25) is 15.5 Å². The van der Waals surface area contributed by atoms with Crippen LogP contribution in [0.4, 0.5) is 4.79 Å². The second-order valence-corrected chi connectivity index (χ2v) is 3.08. The number of imide groups is 1. The summed E-state index contributed by atoms with van der Waals surface area (Å²) in [7, 11) is 0. The first-order valence-corrected chi connectivity index (χ1v) is 4.59. The number of hydrogen-bond acceptors (Lipinski definition) is 4. The van der Waals surface area contributed by atoms with Gasteiger partial charge in [-0.2, -0.15) is 0 Å². The first-order valence-electron chi connectivity index (χ1n) is 3.60. The van der Waals surface area contributed by atoms with Crippen molar-refractivity contribution in [2.75, 3.05) is 12.3 Å². The second-order valence-electron chi connectivity index (χ2n) is 2.06. The van der Waals surface area contributed by atoms with Crippen LogP contribution in [0.1, 0.15) is 6.92 Å². The van der Waals surface area contributed by atoms with E-state index in [2.05, 4.69) is 10.6 Å². The van der Waals surface area contributed by atoms with Gasteiger partial charge in [0.05, 0.1) is 5.75 Å².